The maximum Gasteiger partial charge on any atom is 0.0178 e. The third kappa shape index (κ3) is 3.06. The topological polar surface area (TPSA) is 0 Å². The molecule has 59 valence electrons. The summed E-state index contributed by atoms with van der Waals surface area (Å²) in [4.78, 5) is 0. The first-order chi connectivity index (χ1) is 5.33. The van der Waals surface area contributed by atoms with Gasteiger partial charge in [0.25, 0.3) is 0 Å². The van der Waals surface area contributed by atoms with E-state index in [1.807, 2.05) is 12.1 Å². The fraction of sp³-hybridized carbons (Fsp3) is 0.400. The van der Waals surface area contributed by atoms with Crippen LogP contribution in [0.5, 0.6) is 0 Å². The van der Waals surface area contributed by atoms with Crippen molar-refractivity contribution in [2.45, 2.75) is 26.2 Å². The van der Waals surface area contributed by atoms with Crippen LogP contribution in [-0.4, -0.2) is 0 Å². The molecule has 1 aromatic carbocycles. The highest BCUT2D eigenvalue weighted by Crippen LogP contribution is 2.12. The molecule has 0 aliphatic heterocycles. The molecule has 0 aromatic heterocycles. The Morgan fingerprint density at radius 3 is 3.00 bits per heavy atom. The summed E-state index contributed by atoms with van der Waals surface area (Å²) in [5, 5.41) is 0. The molecule has 0 nitrogen and oxygen atoms in total. The SMILES string of the molecule is CCCCc1[c]ccc(Br)c1. The minimum absolute atomic E-state index is 1.15. The second kappa shape index (κ2) is 4.55. The molecule has 0 N–H and O–H groups in total. The largest absolute Gasteiger partial charge is 0.0654 e. The van der Waals surface area contributed by atoms with E-state index in [0.29, 0.717) is 0 Å². The van der Waals surface area contributed by atoms with Gasteiger partial charge >= 0.3 is 0 Å². The lowest BCUT2D eigenvalue weighted by Gasteiger charge is -1.98. The van der Waals surface area contributed by atoms with E-state index >= 15 is 0 Å². The van der Waals surface area contributed by atoms with E-state index in [2.05, 4.69) is 35.0 Å². The van der Waals surface area contributed by atoms with Crippen LogP contribution in [0.3, 0.4) is 0 Å². The molecule has 0 saturated carbocycles. The Morgan fingerprint density at radius 2 is 2.36 bits per heavy atom. The smallest absolute Gasteiger partial charge is 0.0178 e. The number of benzene rings is 1. The van der Waals surface area contributed by atoms with E-state index < -0.39 is 0 Å². The maximum atomic E-state index is 3.43. The number of hydrogen-bond acceptors (Lipinski definition) is 0. The molecule has 11 heavy (non-hydrogen) atoms. The van der Waals surface area contributed by atoms with Crippen molar-refractivity contribution >= 4 is 15.9 Å². The lowest BCUT2D eigenvalue weighted by atomic mass is 10.1. The fourth-order valence-corrected chi connectivity index (χ4v) is 1.40. The third-order valence-electron chi connectivity index (χ3n) is 1.62. The third-order valence-corrected chi connectivity index (χ3v) is 2.12. The zero-order valence-corrected chi connectivity index (χ0v) is 8.32. The zero-order valence-electron chi connectivity index (χ0n) is 6.73. The van der Waals surface area contributed by atoms with Crippen LogP contribution in [0.1, 0.15) is 25.3 Å². The minimum atomic E-state index is 1.15. The quantitative estimate of drug-likeness (QED) is 0.718. The molecule has 1 heteroatoms. The fourth-order valence-electron chi connectivity index (χ4n) is 0.996. The molecule has 0 bridgehead atoms. The number of rotatable bonds is 3. The molecule has 0 unspecified atom stereocenters. The summed E-state index contributed by atoms with van der Waals surface area (Å²) < 4.78 is 1.15. The van der Waals surface area contributed by atoms with Gasteiger partial charge in [-0.1, -0.05) is 35.3 Å². The minimum Gasteiger partial charge on any atom is -0.0654 e. The summed E-state index contributed by atoms with van der Waals surface area (Å²) >= 11 is 3.43. The summed E-state index contributed by atoms with van der Waals surface area (Å²) in [5.74, 6) is 0. The van der Waals surface area contributed by atoms with Crippen LogP contribution in [0.25, 0.3) is 0 Å². The maximum absolute atomic E-state index is 3.43. The highest BCUT2D eigenvalue weighted by atomic mass is 79.9. The second-order valence-corrected chi connectivity index (χ2v) is 3.55. The van der Waals surface area contributed by atoms with Gasteiger partial charge in [-0.2, -0.15) is 0 Å². The lowest BCUT2D eigenvalue weighted by molar-refractivity contribution is 0.794. The van der Waals surface area contributed by atoms with E-state index in [4.69, 9.17) is 0 Å². The van der Waals surface area contributed by atoms with E-state index in [1.165, 1.54) is 18.4 Å². The molecule has 0 aliphatic carbocycles. The molecule has 1 aromatic rings. The molecule has 1 radical (unpaired) electrons. The van der Waals surface area contributed by atoms with E-state index in [9.17, 15) is 0 Å². The first kappa shape index (κ1) is 8.79. The highest BCUT2D eigenvalue weighted by molar-refractivity contribution is 9.10. The predicted octanol–water partition coefficient (Wildman–Crippen LogP) is 3.59. The predicted molar refractivity (Wildman–Crippen MR) is 51.6 cm³/mol. The summed E-state index contributed by atoms with van der Waals surface area (Å²) in [7, 11) is 0. The van der Waals surface area contributed by atoms with Gasteiger partial charge in [0.15, 0.2) is 0 Å². The zero-order chi connectivity index (χ0) is 8.10. The Hall–Kier alpha value is -0.300. The van der Waals surface area contributed by atoms with Crippen LogP contribution in [0, 0.1) is 6.07 Å². The summed E-state index contributed by atoms with van der Waals surface area (Å²) in [6, 6.07) is 9.33. The highest BCUT2D eigenvalue weighted by Gasteiger charge is 1.92. The number of unbranched alkanes of at least 4 members (excludes halogenated alkanes) is 1. The molecule has 1 rings (SSSR count). The summed E-state index contributed by atoms with van der Waals surface area (Å²) in [6.07, 6.45) is 3.66. The van der Waals surface area contributed by atoms with Gasteiger partial charge in [0, 0.05) is 4.47 Å². The average Bonchev–Trinajstić information content (AvgIpc) is 2.01. The molecule has 0 atom stereocenters. The summed E-state index contributed by atoms with van der Waals surface area (Å²) in [5.41, 5.74) is 1.31. The molecule has 0 amide bonds. The van der Waals surface area contributed by atoms with Gasteiger partial charge < -0.3 is 0 Å². The van der Waals surface area contributed by atoms with Crippen molar-refractivity contribution in [2.75, 3.05) is 0 Å². The number of aryl methyl sites for hydroxylation is 1. The van der Waals surface area contributed by atoms with Crippen LogP contribution in [0.15, 0.2) is 22.7 Å². The van der Waals surface area contributed by atoms with E-state index in [-0.39, 0.29) is 0 Å². The Bertz CT molecular complexity index is 218. The van der Waals surface area contributed by atoms with Gasteiger partial charge in [0.2, 0.25) is 0 Å². The van der Waals surface area contributed by atoms with Crippen molar-refractivity contribution in [2.24, 2.45) is 0 Å². The Balaban J connectivity index is 2.56. The standard InChI is InChI=1S/C10H12Br/c1-2-3-5-9-6-4-7-10(11)8-9/h4,7-8H,2-3,5H2,1H3. The second-order valence-electron chi connectivity index (χ2n) is 2.64. The van der Waals surface area contributed by atoms with E-state index in [1.54, 1.807) is 0 Å². The first-order valence-corrected chi connectivity index (χ1v) is 4.78. The monoisotopic (exact) mass is 211 g/mol. The van der Waals surface area contributed by atoms with Crippen molar-refractivity contribution in [3.8, 4) is 0 Å². The molecule has 0 heterocycles. The van der Waals surface area contributed by atoms with Crippen LogP contribution >= 0.6 is 15.9 Å². The molecular weight excluding hydrogens is 200 g/mol. The van der Waals surface area contributed by atoms with Crippen molar-refractivity contribution in [3.63, 3.8) is 0 Å². The Labute approximate surface area is 76.8 Å². The van der Waals surface area contributed by atoms with Gasteiger partial charge in [-0.3, -0.25) is 0 Å². The van der Waals surface area contributed by atoms with Gasteiger partial charge in [0.05, 0.1) is 0 Å². The molecule has 0 saturated heterocycles. The first-order valence-electron chi connectivity index (χ1n) is 3.99. The normalized spacial score (nSPS) is 10.0. The van der Waals surface area contributed by atoms with Crippen molar-refractivity contribution in [3.05, 3.63) is 34.3 Å². The van der Waals surface area contributed by atoms with Crippen molar-refractivity contribution < 1.29 is 0 Å². The van der Waals surface area contributed by atoms with Gasteiger partial charge in [-0.05, 0) is 36.6 Å². The molecular formula is C10H12Br. The van der Waals surface area contributed by atoms with Crippen LogP contribution in [-0.2, 0) is 6.42 Å². The lowest BCUT2D eigenvalue weighted by Crippen LogP contribution is -1.83. The van der Waals surface area contributed by atoms with Crippen LogP contribution in [0.4, 0.5) is 0 Å². The van der Waals surface area contributed by atoms with E-state index in [0.717, 1.165) is 10.9 Å². The van der Waals surface area contributed by atoms with Crippen molar-refractivity contribution in [1.82, 2.24) is 0 Å². The van der Waals surface area contributed by atoms with Gasteiger partial charge in [-0.15, -0.1) is 0 Å². The Morgan fingerprint density at radius 1 is 1.55 bits per heavy atom. The van der Waals surface area contributed by atoms with Crippen molar-refractivity contribution in [1.29, 1.82) is 0 Å². The molecule has 0 aliphatic rings. The van der Waals surface area contributed by atoms with Crippen LogP contribution in [0.2, 0.25) is 0 Å². The average molecular weight is 212 g/mol. The molecule has 0 spiro atoms. The number of hydrogen-bond donors (Lipinski definition) is 0. The summed E-state index contributed by atoms with van der Waals surface area (Å²) in [6.45, 7) is 2.21. The number of halogens is 1. The molecule has 0 fully saturated rings. The van der Waals surface area contributed by atoms with Crippen LogP contribution < -0.4 is 0 Å². The van der Waals surface area contributed by atoms with Gasteiger partial charge in [0.1, 0.15) is 0 Å². The Kier molecular flexibility index (Phi) is 3.64. The van der Waals surface area contributed by atoms with Gasteiger partial charge in [-0.25, -0.2) is 0 Å².